The van der Waals surface area contributed by atoms with E-state index in [0.717, 1.165) is 21.2 Å². The maximum absolute atomic E-state index is 9.20. The molecule has 96 valence electrons. The van der Waals surface area contributed by atoms with Crippen LogP contribution < -0.4 is 4.90 Å². The minimum Gasteiger partial charge on any atom is -0.369 e. The van der Waals surface area contributed by atoms with Gasteiger partial charge in [0, 0.05) is 22.5 Å². The Morgan fingerprint density at radius 3 is 2.53 bits per heavy atom. The molecule has 0 unspecified atom stereocenters. The van der Waals surface area contributed by atoms with Crippen LogP contribution in [0.2, 0.25) is 0 Å². The van der Waals surface area contributed by atoms with Crippen molar-refractivity contribution in [3.8, 4) is 6.07 Å². The van der Waals surface area contributed by atoms with Gasteiger partial charge >= 0.3 is 0 Å². The van der Waals surface area contributed by atoms with Crippen molar-refractivity contribution in [2.75, 3.05) is 11.9 Å². The van der Waals surface area contributed by atoms with Gasteiger partial charge in [0.15, 0.2) is 0 Å². The normalized spacial score (nSPS) is 10.0. The molecule has 19 heavy (non-hydrogen) atoms. The van der Waals surface area contributed by atoms with Crippen LogP contribution in [-0.2, 0) is 6.54 Å². The fraction of sp³-hybridized carbons (Fsp3) is 0.133. The summed E-state index contributed by atoms with van der Waals surface area (Å²) in [5, 5.41) is 9.20. The lowest BCUT2D eigenvalue weighted by Crippen LogP contribution is -2.17. The maximum atomic E-state index is 9.20. The van der Waals surface area contributed by atoms with E-state index in [1.54, 1.807) is 0 Å². The molecule has 0 aliphatic heterocycles. The first-order valence-electron chi connectivity index (χ1n) is 5.75. The number of rotatable bonds is 3. The summed E-state index contributed by atoms with van der Waals surface area (Å²) in [5.74, 6) is 0. The first kappa shape index (κ1) is 14.1. The van der Waals surface area contributed by atoms with Gasteiger partial charge in [0.05, 0.1) is 11.3 Å². The van der Waals surface area contributed by atoms with Gasteiger partial charge in [-0.2, -0.15) is 5.26 Å². The maximum Gasteiger partial charge on any atom is 0.101 e. The molecule has 0 aliphatic rings. The van der Waals surface area contributed by atoms with Gasteiger partial charge in [0.2, 0.25) is 0 Å². The largest absolute Gasteiger partial charge is 0.369 e. The van der Waals surface area contributed by atoms with Crippen LogP contribution in [0.1, 0.15) is 11.1 Å². The number of anilines is 1. The highest BCUT2D eigenvalue weighted by Gasteiger charge is 2.08. The molecule has 4 heteroatoms. The standard InChI is InChI=1S/C15H12Br2N2/c1-19(10-11-3-2-4-13(16)7-11)15-6-5-14(17)8-12(15)9-18/h2-8H,10H2,1H3. The van der Waals surface area contributed by atoms with E-state index >= 15 is 0 Å². The summed E-state index contributed by atoms with van der Waals surface area (Å²) >= 11 is 6.86. The van der Waals surface area contributed by atoms with Crippen LogP contribution in [0, 0.1) is 11.3 Å². The van der Waals surface area contributed by atoms with Crippen LogP contribution in [0.25, 0.3) is 0 Å². The number of benzene rings is 2. The molecule has 0 atom stereocenters. The molecule has 0 aromatic heterocycles. The summed E-state index contributed by atoms with van der Waals surface area (Å²) in [7, 11) is 1.99. The molecule has 2 aromatic rings. The highest BCUT2D eigenvalue weighted by atomic mass is 79.9. The average Bonchev–Trinajstić information content (AvgIpc) is 2.38. The van der Waals surface area contributed by atoms with Crippen LogP contribution in [0.5, 0.6) is 0 Å². The zero-order valence-electron chi connectivity index (χ0n) is 10.4. The molecular formula is C15H12Br2N2. The Hall–Kier alpha value is -1.31. The third-order valence-electron chi connectivity index (χ3n) is 2.80. The van der Waals surface area contributed by atoms with Crippen molar-refractivity contribution in [1.29, 1.82) is 5.26 Å². The number of nitriles is 1. The molecular weight excluding hydrogens is 368 g/mol. The molecule has 0 bridgehead atoms. The van der Waals surface area contributed by atoms with Crippen molar-refractivity contribution >= 4 is 37.5 Å². The van der Waals surface area contributed by atoms with E-state index in [2.05, 4.69) is 55.0 Å². The van der Waals surface area contributed by atoms with E-state index in [1.807, 2.05) is 37.4 Å². The van der Waals surface area contributed by atoms with Gasteiger partial charge in [-0.1, -0.05) is 44.0 Å². The predicted molar refractivity (Wildman–Crippen MR) is 85.1 cm³/mol. The quantitative estimate of drug-likeness (QED) is 0.771. The first-order valence-corrected chi connectivity index (χ1v) is 7.34. The zero-order chi connectivity index (χ0) is 13.8. The van der Waals surface area contributed by atoms with E-state index in [1.165, 1.54) is 5.56 Å². The van der Waals surface area contributed by atoms with Crippen molar-refractivity contribution in [2.45, 2.75) is 6.54 Å². The Morgan fingerprint density at radius 1 is 1.11 bits per heavy atom. The Morgan fingerprint density at radius 2 is 1.84 bits per heavy atom. The average molecular weight is 380 g/mol. The molecule has 2 aromatic carbocycles. The molecule has 0 amide bonds. The van der Waals surface area contributed by atoms with Crippen LogP contribution in [0.4, 0.5) is 5.69 Å². The highest BCUT2D eigenvalue weighted by molar-refractivity contribution is 9.10. The second-order valence-electron chi connectivity index (χ2n) is 4.26. The van der Waals surface area contributed by atoms with E-state index in [-0.39, 0.29) is 0 Å². The zero-order valence-corrected chi connectivity index (χ0v) is 13.6. The Balaban J connectivity index is 2.25. The third-order valence-corrected chi connectivity index (χ3v) is 3.79. The molecule has 0 aliphatic carbocycles. The monoisotopic (exact) mass is 378 g/mol. The molecule has 0 saturated heterocycles. The van der Waals surface area contributed by atoms with E-state index < -0.39 is 0 Å². The number of hydrogen-bond donors (Lipinski definition) is 0. The number of halogens is 2. The predicted octanol–water partition coefficient (Wildman–Crippen LogP) is 4.72. The van der Waals surface area contributed by atoms with E-state index in [9.17, 15) is 5.26 Å². The lowest BCUT2D eigenvalue weighted by atomic mass is 10.1. The fourth-order valence-electron chi connectivity index (χ4n) is 1.93. The van der Waals surface area contributed by atoms with Crippen molar-refractivity contribution in [3.63, 3.8) is 0 Å². The second kappa shape index (κ2) is 6.23. The number of hydrogen-bond acceptors (Lipinski definition) is 2. The third kappa shape index (κ3) is 3.59. The summed E-state index contributed by atoms with van der Waals surface area (Å²) in [6, 6.07) is 16.2. The summed E-state index contributed by atoms with van der Waals surface area (Å²) in [4.78, 5) is 2.08. The Bertz CT molecular complexity index is 632. The molecule has 0 spiro atoms. The molecule has 0 heterocycles. The molecule has 2 rings (SSSR count). The molecule has 2 nitrogen and oxygen atoms in total. The lowest BCUT2D eigenvalue weighted by molar-refractivity contribution is 0.920. The summed E-state index contributed by atoms with van der Waals surface area (Å²) < 4.78 is 1.98. The van der Waals surface area contributed by atoms with Gasteiger partial charge in [0.1, 0.15) is 6.07 Å². The van der Waals surface area contributed by atoms with Crippen molar-refractivity contribution in [2.24, 2.45) is 0 Å². The van der Waals surface area contributed by atoms with E-state index in [4.69, 9.17) is 0 Å². The Labute approximate surface area is 129 Å². The summed E-state index contributed by atoms with van der Waals surface area (Å²) in [6.45, 7) is 0.760. The van der Waals surface area contributed by atoms with Crippen molar-refractivity contribution in [3.05, 3.63) is 62.5 Å². The summed E-state index contributed by atoms with van der Waals surface area (Å²) in [5.41, 5.74) is 2.81. The minimum atomic E-state index is 0.673. The highest BCUT2D eigenvalue weighted by Crippen LogP contribution is 2.24. The number of nitrogens with zero attached hydrogens (tertiary/aromatic N) is 2. The SMILES string of the molecule is CN(Cc1cccc(Br)c1)c1ccc(Br)cc1C#N. The lowest BCUT2D eigenvalue weighted by Gasteiger charge is -2.21. The van der Waals surface area contributed by atoms with Gasteiger partial charge in [-0.05, 0) is 35.9 Å². The van der Waals surface area contributed by atoms with Crippen LogP contribution in [-0.4, -0.2) is 7.05 Å². The van der Waals surface area contributed by atoms with Gasteiger partial charge in [0.25, 0.3) is 0 Å². The minimum absolute atomic E-state index is 0.673. The van der Waals surface area contributed by atoms with Crippen LogP contribution >= 0.6 is 31.9 Å². The molecule has 0 fully saturated rings. The smallest absolute Gasteiger partial charge is 0.101 e. The first-order chi connectivity index (χ1) is 9.10. The fourth-order valence-corrected chi connectivity index (χ4v) is 2.73. The van der Waals surface area contributed by atoms with Crippen LogP contribution in [0.15, 0.2) is 51.4 Å². The van der Waals surface area contributed by atoms with Gasteiger partial charge in [-0.3, -0.25) is 0 Å². The molecule has 0 radical (unpaired) electrons. The van der Waals surface area contributed by atoms with E-state index in [0.29, 0.717) is 5.56 Å². The molecule has 0 N–H and O–H groups in total. The van der Waals surface area contributed by atoms with Gasteiger partial charge in [-0.15, -0.1) is 0 Å². The second-order valence-corrected chi connectivity index (χ2v) is 6.09. The molecule has 0 saturated carbocycles. The van der Waals surface area contributed by atoms with Crippen molar-refractivity contribution < 1.29 is 0 Å². The van der Waals surface area contributed by atoms with Gasteiger partial charge < -0.3 is 4.90 Å². The Kier molecular flexibility index (Phi) is 4.62. The van der Waals surface area contributed by atoms with Crippen LogP contribution in [0.3, 0.4) is 0 Å². The van der Waals surface area contributed by atoms with Crippen molar-refractivity contribution in [1.82, 2.24) is 0 Å². The topological polar surface area (TPSA) is 27.0 Å². The summed E-state index contributed by atoms with van der Waals surface area (Å²) in [6.07, 6.45) is 0. The van der Waals surface area contributed by atoms with Gasteiger partial charge in [-0.25, -0.2) is 0 Å².